The van der Waals surface area contributed by atoms with Gasteiger partial charge in [-0.3, -0.25) is 9.69 Å². The molecule has 0 aromatic carbocycles. The molecule has 0 N–H and O–H groups in total. The fraction of sp³-hybridized carbons (Fsp3) is 0.667. The second-order valence-corrected chi connectivity index (χ2v) is 6.72. The summed E-state index contributed by atoms with van der Waals surface area (Å²) in [6, 6.07) is 4.30. The minimum Gasteiger partial charge on any atom is -0.342 e. The quantitative estimate of drug-likeness (QED) is 0.848. The van der Waals surface area contributed by atoms with Crippen LogP contribution in [0.15, 0.2) is 17.5 Å². The highest BCUT2D eigenvalue weighted by Crippen LogP contribution is 2.23. The van der Waals surface area contributed by atoms with Gasteiger partial charge >= 0.3 is 0 Å². The average Bonchev–Trinajstić information content (AvgIpc) is 3.11. The number of rotatable bonds is 3. The van der Waals surface area contributed by atoms with Crippen LogP contribution in [0, 0.1) is 5.92 Å². The zero-order valence-electron chi connectivity index (χ0n) is 11.4. The smallest absolute Gasteiger partial charge is 0.226 e. The van der Waals surface area contributed by atoms with Gasteiger partial charge in [-0.05, 0) is 43.7 Å². The van der Waals surface area contributed by atoms with Gasteiger partial charge in [0.1, 0.15) is 0 Å². The van der Waals surface area contributed by atoms with Crippen molar-refractivity contribution in [3.8, 4) is 0 Å². The molecule has 2 saturated heterocycles. The van der Waals surface area contributed by atoms with E-state index in [0.717, 1.165) is 45.6 Å². The molecule has 0 aliphatic carbocycles. The highest BCUT2D eigenvalue weighted by molar-refractivity contribution is 7.09. The lowest BCUT2D eigenvalue weighted by molar-refractivity contribution is -0.136. The van der Waals surface area contributed by atoms with Crippen molar-refractivity contribution in [3.05, 3.63) is 22.4 Å². The lowest BCUT2D eigenvalue weighted by atomic mass is 9.96. The van der Waals surface area contributed by atoms with E-state index >= 15 is 0 Å². The van der Waals surface area contributed by atoms with Gasteiger partial charge in [0.15, 0.2) is 0 Å². The number of likely N-dealkylation sites (tertiary alicyclic amines) is 2. The Bertz CT molecular complexity index is 412. The van der Waals surface area contributed by atoms with Crippen molar-refractivity contribution in [2.24, 2.45) is 5.92 Å². The van der Waals surface area contributed by atoms with Crippen molar-refractivity contribution in [1.29, 1.82) is 0 Å². The summed E-state index contributed by atoms with van der Waals surface area (Å²) in [6.45, 7) is 5.08. The van der Waals surface area contributed by atoms with Gasteiger partial charge in [0.25, 0.3) is 0 Å². The van der Waals surface area contributed by atoms with Gasteiger partial charge in [0, 0.05) is 31.1 Å². The number of piperidine rings is 1. The topological polar surface area (TPSA) is 23.6 Å². The standard InChI is InChI=1S/C15H22N2OS/c18-15(17-8-1-2-9-17)13-5-3-7-16(11-13)12-14-6-4-10-19-14/h4,6,10,13H,1-3,5,7-9,11-12H2. The lowest BCUT2D eigenvalue weighted by Gasteiger charge is -2.33. The molecule has 104 valence electrons. The molecular formula is C15H22N2OS. The van der Waals surface area contributed by atoms with E-state index in [1.807, 2.05) is 11.3 Å². The molecule has 3 nitrogen and oxygen atoms in total. The van der Waals surface area contributed by atoms with Crippen molar-refractivity contribution in [1.82, 2.24) is 9.80 Å². The summed E-state index contributed by atoms with van der Waals surface area (Å²) in [5, 5.41) is 2.13. The molecule has 1 amide bonds. The molecule has 1 aromatic rings. The number of carbonyl (C=O) groups is 1. The molecule has 19 heavy (non-hydrogen) atoms. The SMILES string of the molecule is O=C(C1CCCN(Cc2cccs2)C1)N1CCCC1. The maximum atomic E-state index is 12.5. The Hall–Kier alpha value is -0.870. The molecule has 0 saturated carbocycles. The lowest BCUT2D eigenvalue weighted by Crippen LogP contribution is -2.43. The molecule has 2 fully saturated rings. The molecule has 1 aromatic heterocycles. The van der Waals surface area contributed by atoms with Crippen LogP contribution in [0.5, 0.6) is 0 Å². The van der Waals surface area contributed by atoms with Gasteiger partial charge in [-0.1, -0.05) is 6.07 Å². The zero-order chi connectivity index (χ0) is 13.1. The van der Waals surface area contributed by atoms with Crippen LogP contribution in [0.2, 0.25) is 0 Å². The maximum Gasteiger partial charge on any atom is 0.226 e. The molecular weight excluding hydrogens is 256 g/mol. The van der Waals surface area contributed by atoms with Crippen LogP contribution in [-0.2, 0) is 11.3 Å². The van der Waals surface area contributed by atoms with Crippen LogP contribution >= 0.6 is 11.3 Å². The minimum atomic E-state index is 0.242. The van der Waals surface area contributed by atoms with Crippen molar-refractivity contribution >= 4 is 17.2 Å². The van der Waals surface area contributed by atoms with E-state index in [1.165, 1.54) is 17.7 Å². The van der Waals surface area contributed by atoms with E-state index in [4.69, 9.17) is 0 Å². The summed E-state index contributed by atoms with van der Waals surface area (Å²) in [4.78, 5) is 18.4. The van der Waals surface area contributed by atoms with Crippen molar-refractivity contribution in [2.45, 2.75) is 32.2 Å². The number of hydrogen-bond donors (Lipinski definition) is 0. The van der Waals surface area contributed by atoms with Gasteiger partial charge in [-0.25, -0.2) is 0 Å². The Balaban J connectivity index is 1.56. The summed E-state index contributed by atoms with van der Waals surface area (Å²) in [7, 11) is 0. The Morgan fingerprint density at radius 2 is 2.11 bits per heavy atom. The number of amides is 1. The maximum absolute atomic E-state index is 12.5. The van der Waals surface area contributed by atoms with E-state index in [1.54, 1.807) is 0 Å². The van der Waals surface area contributed by atoms with Crippen molar-refractivity contribution in [3.63, 3.8) is 0 Å². The summed E-state index contributed by atoms with van der Waals surface area (Å²) >= 11 is 1.81. The third-order valence-corrected chi connectivity index (χ3v) is 5.09. The van der Waals surface area contributed by atoms with Gasteiger partial charge in [-0.2, -0.15) is 0 Å². The van der Waals surface area contributed by atoms with Crippen LogP contribution in [0.3, 0.4) is 0 Å². The van der Waals surface area contributed by atoms with Gasteiger partial charge < -0.3 is 4.90 Å². The number of hydrogen-bond acceptors (Lipinski definition) is 3. The summed E-state index contributed by atoms with van der Waals surface area (Å²) in [5.41, 5.74) is 0. The first kappa shape index (κ1) is 13.1. The van der Waals surface area contributed by atoms with E-state index < -0.39 is 0 Å². The molecule has 0 bridgehead atoms. The molecule has 1 atom stereocenters. The minimum absolute atomic E-state index is 0.242. The van der Waals surface area contributed by atoms with Crippen LogP contribution in [0.25, 0.3) is 0 Å². The van der Waals surface area contributed by atoms with Crippen LogP contribution < -0.4 is 0 Å². The number of thiophene rings is 1. The third-order valence-electron chi connectivity index (χ3n) is 4.23. The second-order valence-electron chi connectivity index (χ2n) is 5.69. The normalized spacial score (nSPS) is 24.8. The second kappa shape index (κ2) is 6.06. The van der Waals surface area contributed by atoms with Gasteiger partial charge in [-0.15, -0.1) is 11.3 Å². The zero-order valence-corrected chi connectivity index (χ0v) is 12.2. The number of nitrogens with zero attached hydrogens (tertiary/aromatic N) is 2. The predicted molar refractivity (Wildman–Crippen MR) is 78.1 cm³/mol. The Labute approximate surface area is 119 Å². The highest BCUT2D eigenvalue weighted by atomic mass is 32.1. The average molecular weight is 278 g/mol. The number of carbonyl (C=O) groups excluding carboxylic acids is 1. The van der Waals surface area contributed by atoms with Crippen LogP contribution in [0.1, 0.15) is 30.6 Å². The van der Waals surface area contributed by atoms with Crippen LogP contribution in [-0.4, -0.2) is 41.9 Å². The Kier molecular flexibility index (Phi) is 4.18. The predicted octanol–water partition coefficient (Wildman–Crippen LogP) is 2.58. The van der Waals surface area contributed by atoms with Crippen molar-refractivity contribution < 1.29 is 4.79 Å². The third kappa shape index (κ3) is 3.18. The fourth-order valence-corrected chi connectivity index (χ4v) is 3.97. The van der Waals surface area contributed by atoms with Gasteiger partial charge in [0.2, 0.25) is 5.91 Å². The molecule has 0 spiro atoms. The molecule has 4 heteroatoms. The first-order valence-electron chi connectivity index (χ1n) is 7.36. The molecule has 0 radical (unpaired) electrons. The Morgan fingerprint density at radius 3 is 2.84 bits per heavy atom. The molecule has 2 aliphatic heterocycles. The molecule has 2 aliphatic rings. The summed E-state index contributed by atoms with van der Waals surface area (Å²) in [6.07, 6.45) is 4.63. The van der Waals surface area contributed by atoms with E-state index in [0.29, 0.717) is 5.91 Å². The molecule has 3 rings (SSSR count). The summed E-state index contributed by atoms with van der Waals surface area (Å²) < 4.78 is 0. The van der Waals surface area contributed by atoms with Crippen molar-refractivity contribution in [2.75, 3.05) is 26.2 Å². The van der Waals surface area contributed by atoms with E-state index in [9.17, 15) is 4.79 Å². The van der Waals surface area contributed by atoms with Gasteiger partial charge in [0.05, 0.1) is 5.92 Å². The summed E-state index contributed by atoms with van der Waals surface area (Å²) in [5.74, 6) is 0.653. The van der Waals surface area contributed by atoms with E-state index in [-0.39, 0.29) is 5.92 Å². The monoisotopic (exact) mass is 278 g/mol. The molecule has 1 unspecified atom stereocenters. The fourth-order valence-electron chi connectivity index (χ4n) is 3.22. The first-order valence-corrected chi connectivity index (χ1v) is 8.24. The Morgan fingerprint density at radius 1 is 1.26 bits per heavy atom. The molecule has 3 heterocycles. The first-order chi connectivity index (χ1) is 9.33. The highest BCUT2D eigenvalue weighted by Gasteiger charge is 2.30. The van der Waals surface area contributed by atoms with Crippen LogP contribution in [0.4, 0.5) is 0 Å². The largest absolute Gasteiger partial charge is 0.342 e. The van der Waals surface area contributed by atoms with E-state index in [2.05, 4.69) is 27.3 Å².